The van der Waals surface area contributed by atoms with Gasteiger partial charge in [0.15, 0.2) is 31.6 Å². The van der Waals surface area contributed by atoms with E-state index in [0.29, 0.717) is 21.7 Å². The topological polar surface area (TPSA) is 89.6 Å². The molecule has 2 N–H and O–H groups in total. The minimum Gasteiger partial charge on any atom is -0.493 e. The van der Waals surface area contributed by atoms with Crippen LogP contribution in [0, 0.1) is 0 Å². The summed E-state index contributed by atoms with van der Waals surface area (Å²) in [6.45, 7) is 0. The van der Waals surface area contributed by atoms with Gasteiger partial charge in [-0.15, -0.1) is 11.3 Å². The first-order valence-corrected chi connectivity index (χ1v) is 10.6. The first-order chi connectivity index (χ1) is 12.4. The Morgan fingerprint density at radius 3 is 2.73 bits per heavy atom. The maximum absolute atomic E-state index is 11.4. The molecule has 0 saturated carbocycles. The van der Waals surface area contributed by atoms with E-state index in [0.717, 1.165) is 11.3 Å². The molecule has 7 nitrogen and oxygen atoms in total. The summed E-state index contributed by atoms with van der Waals surface area (Å²) in [5.74, 6) is 1.28. The van der Waals surface area contributed by atoms with Gasteiger partial charge in [0.2, 0.25) is 0 Å². The second kappa shape index (κ2) is 7.60. The molecular weight excluding hydrogens is 394 g/mol. The van der Waals surface area contributed by atoms with Crippen molar-refractivity contribution in [3.05, 3.63) is 35.1 Å². The van der Waals surface area contributed by atoms with Crippen molar-refractivity contribution in [2.75, 3.05) is 25.3 Å². The minimum absolute atomic E-state index is 0.00355. The average molecular weight is 412 g/mol. The van der Waals surface area contributed by atoms with E-state index in [2.05, 4.69) is 15.6 Å². The third kappa shape index (κ3) is 4.32. The Morgan fingerprint density at radius 2 is 2.08 bits per heavy atom. The predicted molar refractivity (Wildman–Crippen MR) is 107 cm³/mol. The average Bonchev–Trinajstić information content (AvgIpc) is 3.20. The normalized spacial score (nSPS) is 17.7. The van der Waals surface area contributed by atoms with Crippen LogP contribution in [0.1, 0.15) is 0 Å². The van der Waals surface area contributed by atoms with Crippen LogP contribution in [0.2, 0.25) is 0 Å². The first kappa shape index (κ1) is 18.6. The van der Waals surface area contributed by atoms with E-state index in [9.17, 15) is 8.42 Å². The summed E-state index contributed by atoms with van der Waals surface area (Å²) in [6, 6.07) is 5.23. The molecule has 1 aliphatic heterocycles. The van der Waals surface area contributed by atoms with E-state index in [-0.39, 0.29) is 11.8 Å². The zero-order valence-electron chi connectivity index (χ0n) is 14.1. The van der Waals surface area contributed by atoms with Crippen LogP contribution in [0.3, 0.4) is 0 Å². The van der Waals surface area contributed by atoms with Crippen LogP contribution in [0.5, 0.6) is 11.5 Å². The third-order valence-electron chi connectivity index (χ3n) is 3.65. The molecule has 26 heavy (non-hydrogen) atoms. The summed E-state index contributed by atoms with van der Waals surface area (Å²) in [6.07, 6.45) is 1.58. The van der Waals surface area contributed by atoms with Crippen LogP contribution >= 0.6 is 23.6 Å². The van der Waals surface area contributed by atoms with Gasteiger partial charge in [0.05, 0.1) is 31.7 Å². The standard InChI is InChI=1S/C16H17N3O4S3/c1-22-13-4-3-10(7-14(13)23-2)12-8-25-16(18-12)19-15(24)17-11-5-6-26(20,21)9-11/h3-8,11H,9H2,1-2H3,(H2,17,18,19,24)/t11-/m1/s1. The molecule has 138 valence electrons. The summed E-state index contributed by atoms with van der Waals surface area (Å²) in [5.41, 5.74) is 1.65. The van der Waals surface area contributed by atoms with E-state index in [1.165, 1.54) is 16.7 Å². The minimum atomic E-state index is -3.12. The van der Waals surface area contributed by atoms with Gasteiger partial charge < -0.3 is 20.1 Å². The zero-order chi connectivity index (χ0) is 18.7. The molecule has 0 amide bonds. The van der Waals surface area contributed by atoms with Crippen molar-refractivity contribution in [3.8, 4) is 22.8 Å². The Kier molecular flexibility index (Phi) is 5.44. The number of thiazole rings is 1. The van der Waals surface area contributed by atoms with Crippen molar-refractivity contribution in [2.45, 2.75) is 6.04 Å². The molecule has 0 saturated heterocycles. The van der Waals surface area contributed by atoms with Gasteiger partial charge >= 0.3 is 0 Å². The molecule has 0 aliphatic carbocycles. The van der Waals surface area contributed by atoms with Gasteiger partial charge in [-0.2, -0.15) is 0 Å². The van der Waals surface area contributed by atoms with Gasteiger partial charge in [-0.3, -0.25) is 0 Å². The third-order valence-corrected chi connectivity index (χ3v) is 6.02. The molecule has 1 atom stereocenters. The number of nitrogens with one attached hydrogen (secondary N) is 2. The van der Waals surface area contributed by atoms with Crippen molar-refractivity contribution < 1.29 is 17.9 Å². The smallest absolute Gasteiger partial charge is 0.189 e. The molecule has 2 aromatic rings. The lowest BCUT2D eigenvalue weighted by Gasteiger charge is -2.12. The van der Waals surface area contributed by atoms with Gasteiger partial charge in [0.1, 0.15) is 0 Å². The molecule has 0 radical (unpaired) electrons. The molecule has 0 spiro atoms. The molecule has 1 aromatic heterocycles. The second-order valence-electron chi connectivity index (χ2n) is 5.47. The van der Waals surface area contributed by atoms with Crippen molar-refractivity contribution in [1.29, 1.82) is 0 Å². The van der Waals surface area contributed by atoms with Crippen LogP contribution in [0.25, 0.3) is 11.3 Å². The number of nitrogens with zero attached hydrogens (tertiary/aromatic N) is 1. The molecule has 0 unspecified atom stereocenters. The van der Waals surface area contributed by atoms with Gasteiger partial charge in [0.25, 0.3) is 0 Å². The highest BCUT2D eigenvalue weighted by Gasteiger charge is 2.22. The molecule has 10 heteroatoms. The summed E-state index contributed by atoms with van der Waals surface area (Å²) in [5, 5.41) is 9.96. The van der Waals surface area contributed by atoms with Crippen LogP contribution in [-0.2, 0) is 9.84 Å². The van der Waals surface area contributed by atoms with E-state index in [4.69, 9.17) is 21.7 Å². The van der Waals surface area contributed by atoms with Crippen molar-refractivity contribution in [3.63, 3.8) is 0 Å². The molecule has 3 rings (SSSR count). The quantitative estimate of drug-likeness (QED) is 0.725. The molecule has 0 bridgehead atoms. The van der Waals surface area contributed by atoms with Gasteiger partial charge in [-0.1, -0.05) is 0 Å². The first-order valence-electron chi connectivity index (χ1n) is 7.56. The highest BCUT2D eigenvalue weighted by atomic mass is 32.2. The highest BCUT2D eigenvalue weighted by Crippen LogP contribution is 2.33. The zero-order valence-corrected chi connectivity index (χ0v) is 16.5. The lowest BCUT2D eigenvalue weighted by molar-refractivity contribution is 0.355. The van der Waals surface area contributed by atoms with Gasteiger partial charge in [-0.05, 0) is 36.5 Å². The molecular formula is C16H17N3O4S3. The SMILES string of the molecule is COc1ccc(-c2csc(NC(=S)N[C@@H]3C=CS(=O)(=O)C3)n2)cc1OC. The Bertz CT molecular complexity index is 953. The number of anilines is 1. The van der Waals surface area contributed by atoms with Gasteiger partial charge in [0, 0.05) is 16.4 Å². The largest absolute Gasteiger partial charge is 0.493 e. The van der Waals surface area contributed by atoms with Gasteiger partial charge in [-0.25, -0.2) is 13.4 Å². The number of hydrogen-bond acceptors (Lipinski definition) is 7. The van der Waals surface area contributed by atoms with E-state index in [1.54, 1.807) is 20.3 Å². The molecule has 0 fully saturated rings. The number of ether oxygens (including phenoxy) is 2. The van der Waals surface area contributed by atoms with Crippen LogP contribution < -0.4 is 20.1 Å². The monoisotopic (exact) mass is 411 g/mol. The fraction of sp³-hybridized carbons (Fsp3) is 0.250. The fourth-order valence-electron chi connectivity index (χ4n) is 2.43. The number of sulfone groups is 1. The van der Waals surface area contributed by atoms with Crippen LogP contribution in [-0.4, -0.2) is 44.5 Å². The molecule has 2 heterocycles. The summed E-state index contributed by atoms with van der Waals surface area (Å²) in [7, 11) is 0.0414. The number of aromatic nitrogens is 1. The van der Waals surface area contributed by atoms with Crippen molar-refractivity contribution >= 4 is 43.6 Å². The number of methoxy groups -OCH3 is 2. The fourth-order valence-corrected chi connectivity index (χ4v) is 4.70. The number of hydrogen-bond donors (Lipinski definition) is 2. The Balaban J connectivity index is 1.66. The number of benzene rings is 1. The van der Waals surface area contributed by atoms with E-state index >= 15 is 0 Å². The lowest BCUT2D eigenvalue weighted by atomic mass is 10.1. The molecule has 1 aromatic carbocycles. The lowest BCUT2D eigenvalue weighted by Crippen LogP contribution is -2.38. The van der Waals surface area contributed by atoms with Crippen molar-refractivity contribution in [2.24, 2.45) is 0 Å². The number of rotatable bonds is 5. The maximum atomic E-state index is 11.4. The maximum Gasteiger partial charge on any atom is 0.189 e. The Hall–Kier alpha value is -2.17. The highest BCUT2D eigenvalue weighted by molar-refractivity contribution is 7.94. The summed E-state index contributed by atoms with van der Waals surface area (Å²) >= 11 is 6.62. The Morgan fingerprint density at radius 1 is 1.31 bits per heavy atom. The van der Waals surface area contributed by atoms with Crippen LogP contribution in [0.4, 0.5) is 5.13 Å². The molecule has 1 aliphatic rings. The Labute approximate surface area is 161 Å². The van der Waals surface area contributed by atoms with E-state index < -0.39 is 9.84 Å². The summed E-state index contributed by atoms with van der Waals surface area (Å²) in [4.78, 5) is 4.50. The second-order valence-corrected chi connectivity index (χ2v) is 8.67. The number of thiocarbonyl (C=S) groups is 1. The van der Waals surface area contributed by atoms with Crippen molar-refractivity contribution in [1.82, 2.24) is 10.3 Å². The van der Waals surface area contributed by atoms with E-state index in [1.807, 2.05) is 23.6 Å². The predicted octanol–water partition coefficient (Wildman–Crippen LogP) is 2.42. The summed E-state index contributed by atoms with van der Waals surface area (Å²) < 4.78 is 33.4. The van der Waals surface area contributed by atoms with Crippen LogP contribution in [0.15, 0.2) is 35.1 Å².